The number of carbonyl (C=O) groups is 2. The van der Waals surface area contributed by atoms with E-state index in [1.165, 1.54) is 0 Å². The molecule has 0 saturated heterocycles. The van der Waals surface area contributed by atoms with Crippen LogP contribution < -0.4 is 0 Å². The minimum Gasteiger partial charge on any atom is -0.465 e. The molecule has 32 heavy (non-hydrogen) atoms. The van der Waals surface area contributed by atoms with Crippen LogP contribution in [0.15, 0.2) is 64.8 Å². The van der Waals surface area contributed by atoms with Crippen LogP contribution in [0, 0.1) is 5.92 Å². The Labute approximate surface area is 198 Å². The van der Waals surface area contributed by atoms with E-state index in [1.54, 1.807) is 12.1 Å². The van der Waals surface area contributed by atoms with Gasteiger partial charge in [-0.1, -0.05) is 72.6 Å². The third-order valence-electron chi connectivity index (χ3n) is 6.18. The molecule has 6 heteroatoms. The fourth-order valence-corrected chi connectivity index (χ4v) is 5.14. The number of hydrogen-bond acceptors (Lipinski definition) is 4. The van der Waals surface area contributed by atoms with E-state index >= 15 is 0 Å². The lowest BCUT2D eigenvalue weighted by Crippen LogP contribution is -2.38. The molecule has 3 unspecified atom stereocenters. The van der Waals surface area contributed by atoms with Gasteiger partial charge in [0.15, 0.2) is 5.78 Å². The number of ether oxygens (including phenoxy) is 1. The zero-order valence-electron chi connectivity index (χ0n) is 18.1. The molecule has 0 saturated carbocycles. The normalized spacial score (nSPS) is 22.9. The van der Waals surface area contributed by atoms with Crippen molar-refractivity contribution >= 4 is 40.7 Å². The average molecular weight is 470 g/mol. The van der Waals surface area contributed by atoms with Crippen molar-refractivity contribution in [3.63, 3.8) is 0 Å². The van der Waals surface area contributed by atoms with Crippen molar-refractivity contribution in [1.29, 1.82) is 0 Å². The van der Waals surface area contributed by atoms with Gasteiger partial charge >= 0.3 is 5.97 Å². The topological polar surface area (TPSA) is 55.7 Å². The molecule has 166 valence electrons. The molecule has 0 N–H and O–H groups in total. The highest BCUT2D eigenvalue weighted by atomic mass is 35.5. The van der Waals surface area contributed by atoms with Gasteiger partial charge in [-0.05, 0) is 42.9 Å². The molecule has 2 aliphatic rings. The van der Waals surface area contributed by atoms with Gasteiger partial charge < -0.3 is 4.74 Å². The Hall–Kier alpha value is -2.43. The molecule has 0 spiro atoms. The number of rotatable bonds is 5. The summed E-state index contributed by atoms with van der Waals surface area (Å²) in [4.78, 5) is 31.4. The molecule has 2 aromatic carbocycles. The summed E-state index contributed by atoms with van der Waals surface area (Å²) in [7, 11) is 0. The van der Waals surface area contributed by atoms with E-state index in [1.807, 2.05) is 50.2 Å². The lowest BCUT2D eigenvalue weighted by molar-refractivity contribution is -0.146. The molecular weight excluding hydrogens is 445 g/mol. The van der Waals surface area contributed by atoms with Gasteiger partial charge in [0.25, 0.3) is 0 Å². The van der Waals surface area contributed by atoms with Gasteiger partial charge in [-0.25, -0.2) is 0 Å². The van der Waals surface area contributed by atoms with Crippen molar-refractivity contribution in [2.24, 2.45) is 10.9 Å². The van der Waals surface area contributed by atoms with Crippen molar-refractivity contribution in [1.82, 2.24) is 0 Å². The van der Waals surface area contributed by atoms with Gasteiger partial charge in [0, 0.05) is 29.3 Å². The maximum absolute atomic E-state index is 13.5. The summed E-state index contributed by atoms with van der Waals surface area (Å²) in [5.41, 5.74) is 3.69. The summed E-state index contributed by atoms with van der Waals surface area (Å²) in [6, 6.07) is 15.3. The van der Waals surface area contributed by atoms with Crippen molar-refractivity contribution < 1.29 is 14.3 Å². The fraction of sp³-hybridized carbons (Fsp3) is 0.346. The van der Waals surface area contributed by atoms with Gasteiger partial charge in [-0.3, -0.25) is 14.6 Å². The third-order valence-corrected chi connectivity index (χ3v) is 7.01. The summed E-state index contributed by atoms with van der Waals surface area (Å²) in [5.74, 6) is -1.63. The molecule has 0 radical (unpaired) electrons. The Morgan fingerprint density at radius 1 is 1.09 bits per heavy atom. The lowest BCUT2D eigenvalue weighted by Gasteiger charge is -2.37. The molecule has 2 aromatic rings. The zero-order chi connectivity index (χ0) is 22.8. The Morgan fingerprint density at radius 3 is 2.56 bits per heavy atom. The Morgan fingerprint density at radius 2 is 1.84 bits per heavy atom. The van der Waals surface area contributed by atoms with Gasteiger partial charge in [0.05, 0.1) is 16.7 Å². The van der Waals surface area contributed by atoms with Crippen molar-refractivity contribution in [2.45, 2.75) is 44.9 Å². The predicted molar refractivity (Wildman–Crippen MR) is 128 cm³/mol. The van der Waals surface area contributed by atoms with Crippen LogP contribution in [0.5, 0.6) is 0 Å². The number of hydrogen-bond donors (Lipinski definition) is 0. The number of allylic oxidation sites excluding steroid dienone is 2. The SMILES string of the molecule is CCCOC(=O)C1C(C)=NC2=C(C(=O)CC(c3ccccc3)C2)C1c1cccc(Cl)c1Cl. The molecular formula is C26H25Cl2NO3. The molecule has 0 amide bonds. The first-order chi connectivity index (χ1) is 15.4. The summed E-state index contributed by atoms with van der Waals surface area (Å²) >= 11 is 12.9. The zero-order valence-corrected chi connectivity index (χ0v) is 19.6. The van der Waals surface area contributed by atoms with Gasteiger partial charge in [0.2, 0.25) is 0 Å². The second kappa shape index (κ2) is 9.60. The van der Waals surface area contributed by atoms with Crippen LogP contribution in [0.3, 0.4) is 0 Å². The van der Waals surface area contributed by atoms with Crippen LogP contribution in [0.1, 0.15) is 56.1 Å². The summed E-state index contributed by atoms with van der Waals surface area (Å²) in [6.45, 7) is 4.08. The van der Waals surface area contributed by atoms with E-state index in [-0.39, 0.29) is 11.7 Å². The Balaban J connectivity index is 1.82. The first-order valence-electron chi connectivity index (χ1n) is 10.9. The average Bonchev–Trinajstić information content (AvgIpc) is 2.79. The van der Waals surface area contributed by atoms with Gasteiger partial charge in [-0.2, -0.15) is 0 Å². The standard InChI is InChI=1S/C26H25Cl2NO3/c1-3-12-32-26(31)22-15(2)29-20-13-17(16-8-5-4-6-9-16)14-21(30)24(20)23(22)18-10-7-11-19(27)25(18)28/h4-11,17,22-23H,3,12-14H2,1-2H3. The highest BCUT2D eigenvalue weighted by molar-refractivity contribution is 6.42. The Bertz CT molecular complexity index is 1110. The van der Waals surface area contributed by atoms with Crippen molar-refractivity contribution in [3.8, 4) is 0 Å². The fourth-order valence-electron chi connectivity index (χ4n) is 4.72. The number of nitrogens with zero attached hydrogens (tertiary/aromatic N) is 1. The van der Waals surface area contributed by atoms with Gasteiger partial charge in [-0.15, -0.1) is 0 Å². The molecule has 3 atom stereocenters. The predicted octanol–water partition coefficient (Wildman–Crippen LogP) is 6.52. The highest BCUT2D eigenvalue weighted by Crippen LogP contribution is 2.48. The molecule has 1 aliphatic carbocycles. The van der Waals surface area contributed by atoms with Crippen molar-refractivity contribution in [2.75, 3.05) is 6.61 Å². The second-order valence-corrected chi connectivity index (χ2v) is 9.10. The van der Waals surface area contributed by atoms with Crippen LogP contribution >= 0.6 is 23.2 Å². The summed E-state index contributed by atoms with van der Waals surface area (Å²) in [6.07, 6.45) is 1.71. The van der Waals surface area contributed by atoms with Crippen molar-refractivity contribution in [3.05, 3.63) is 81.0 Å². The maximum Gasteiger partial charge on any atom is 0.315 e. The van der Waals surface area contributed by atoms with Crippen LogP contribution in [0.2, 0.25) is 10.0 Å². The second-order valence-electron chi connectivity index (χ2n) is 8.32. The monoisotopic (exact) mass is 469 g/mol. The smallest absolute Gasteiger partial charge is 0.315 e. The van der Waals surface area contributed by atoms with E-state index < -0.39 is 17.8 Å². The molecule has 1 heterocycles. The lowest BCUT2D eigenvalue weighted by atomic mass is 9.69. The van der Waals surface area contributed by atoms with E-state index in [9.17, 15) is 9.59 Å². The Kier molecular flexibility index (Phi) is 6.82. The van der Waals surface area contributed by atoms with Crippen LogP contribution in [0.25, 0.3) is 0 Å². The number of benzene rings is 2. The number of Topliss-reactive ketones (excluding diaryl/α,β-unsaturated/α-hetero) is 1. The highest BCUT2D eigenvalue weighted by Gasteiger charge is 2.45. The first-order valence-corrected chi connectivity index (χ1v) is 11.6. The largest absolute Gasteiger partial charge is 0.465 e. The van der Waals surface area contributed by atoms with Crippen LogP contribution in [-0.4, -0.2) is 24.1 Å². The van der Waals surface area contributed by atoms with E-state index in [4.69, 9.17) is 32.9 Å². The minimum absolute atomic E-state index is 0.00862. The van der Waals surface area contributed by atoms with Crippen LogP contribution in [0.4, 0.5) is 0 Å². The molecule has 0 bridgehead atoms. The summed E-state index contributed by atoms with van der Waals surface area (Å²) < 4.78 is 5.50. The molecule has 4 nitrogen and oxygen atoms in total. The molecule has 4 rings (SSSR count). The maximum atomic E-state index is 13.5. The molecule has 1 aliphatic heterocycles. The summed E-state index contributed by atoms with van der Waals surface area (Å²) in [5, 5.41) is 0.740. The third kappa shape index (κ3) is 4.26. The number of aliphatic imine (C=N–C) groups is 1. The number of halogens is 2. The van der Waals surface area contributed by atoms with Crippen LogP contribution in [-0.2, 0) is 14.3 Å². The first kappa shape index (κ1) is 22.8. The van der Waals surface area contributed by atoms with E-state index in [2.05, 4.69) is 0 Å². The van der Waals surface area contributed by atoms with E-state index in [0.29, 0.717) is 52.8 Å². The number of carbonyl (C=O) groups excluding carboxylic acids is 2. The number of esters is 1. The molecule has 0 aromatic heterocycles. The minimum atomic E-state index is -0.714. The van der Waals surface area contributed by atoms with E-state index in [0.717, 1.165) is 11.3 Å². The van der Waals surface area contributed by atoms with Gasteiger partial charge in [0.1, 0.15) is 5.92 Å². The quantitative estimate of drug-likeness (QED) is 0.468. The number of ketones is 1. The molecule has 0 fully saturated rings.